The van der Waals surface area contributed by atoms with E-state index in [-0.39, 0.29) is 0 Å². The molecule has 0 radical (unpaired) electrons. The second kappa shape index (κ2) is 9.30. The van der Waals surface area contributed by atoms with Gasteiger partial charge in [0.05, 0.1) is 16.4 Å². The Morgan fingerprint density at radius 2 is 1.79 bits per heavy atom. The van der Waals surface area contributed by atoms with Crippen molar-refractivity contribution in [2.45, 2.75) is 46.6 Å². The third-order valence-electron chi connectivity index (χ3n) is 4.88. The molecule has 5 heteroatoms. The molecule has 0 saturated heterocycles. The van der Waals surface area contributed by atoms with Crippen molar-refractivity contribution in [1.82, 2.24) is 4.57 Å². The van der Waals surface area contributed by atoms with Gasteiger partial charge in [0.25, 0.3) is 0 Å². The van der Waals surface area contributed by atoms with Gasteiger partial charge in [-0.05, 0) is 62.4 Å². The quantitative estimate of drug-likeness (QED) is 0.374. The molecule has 3 rings (SSSR count). The minimum absolute atomic E-state index is 0.318. The Labute approximate surface area is 181 Å². The smallest absolute Gasteiger partial charge is 0.190 e. The van der Waals surface area contributed by atoms with Crippen LogP contribution in [0.15, 0.2) is 52.8 Å². The number of hydrogen-bond donors (Lipinski definition) is 0. The van der Waals surface area contributed by atoms with Crippen LogP contribution in [0.1, 0.15) is 45.2 Å². The molecule has 0 spiro atoms. The van der Waals surface area contributed by atoms with Gasteiger partial charge in [-0.1, -0.05) is 55.2 Å². The zero-order valence-electron chi connectivity index (χ0n) is 16.7. The van der Waals surface area contributed by atoms with Gasteiger partial charge in [-0.25, -0.2) is 4.99 Å². The van der Waals surface area contributed by atoms with Crippen LogP contribution in [-0.2, 0) is 0 Å². The van der Waals surface area contributed by atoms with E-state index < -0.39 is 0 Å². The second-order valence-electron chi connectivity index (χ2n) is 7.62. The molecule has 1 atom stereocenters. The number of nitrogens with zero attached hydrogens (tertiary/aromatic N) is 2. The number of halogens is 2. The molecule has 0 saturated carbocycles. The second-order valence-corrected chi connectivity index (χ2v) is 9.30. The van der Waals surface area contributed by atoms with E-state index in [9.17, 15) is 0 Å². The molecule has 1 heterocycles. The van der Waals surface area contributed by atoms with Gasteiger partial charge >= 0.3 is 0 Å². The molecule has 0 aliphatic carbocycles. The molecule has 28 heavy (non-hydrogen) atoms. The normalized spacial score (nSPS) is 13.3. The van der Waals surface area contributed by atoms with E-state index in [1.54, 1.807) is 17.4 Å². The van der Waals surface area contributed by atoms with Crippen molar-refractivity contribution in [2.24, 2.45) is 10.9 Å². The summed E-state index contributed by atoms with van der Waals surface area (Å²) < 4.78 is 2.33. The summed E-state index contributed by atoms with van der Waals surface area (Å²) in [5.74, 6) is 0.668. The van der Waals surface area contributed by atoms with E-state index in [1.165, 1.54) is 12.0 Å². The van der Waals surface area contributed by atoms with Crippen LogP contribution in [0.5, 0.6) is 0 Å². The first-order valence-electron chi connectivity index (χ1n) is 9.62. The van der Waals surface area contributed by atoms with Crippen LogP contribution in [0.2, 0.25) is 10.0 Å². The molecule has 0 amide bonds. The van der Waals surface area contributed by atoms with Gasteiger partial charge in [0, 0.05) is 22.0 Å². The number of aromatic nitrogens is 1. The summed E-state index contributed by atoms with van der Waals surface area (Å²) in [6.45, 7) is 8.89. The van der Waals surface area contributed by atoms with Gasteiger partial charge in [0.2, 0.25) is 0 Å². The van der Waals surface area contributed by atoms with Gasteiger partial charge in [-0.2, -0.15) is 0 Å². The summed E-state index contributed by atoms with van der Waals surface area (Å²) in [4.78, 5) is 5.99. The lowest BCUT2D eigenvalue weighted by atomic mass is 10.0. The molecule has 0 N–H and O–H groups in total. The van der Waals surface area contributed by atoms with Gasteiger partial charge in [0.1, 0.15) is 0 Å². The summed E-state index contributed by atoms with van der Waals surface area (Å²) >= 11 is 14.3. The van der Waals surface area contributed by atoms with E-state index in [2.05, 4.69) is 49.8 Å². The monoisotopic (exact) mass is 432 g/mol. The highest BCUT2D eigenvalue weighted by atomic mass is 35.5. The fraction of sp³-hybridized carbons (Fsp3) is 0.348. The molecule has 3 aromatic rings. The topological polar surface area (TPSA) is 17.3 Å². The summed E-state index contributed by atoms with van der Waals surface area (Å²) in [6.07, 6.45) is 2.26. The number of para-hydroxylation sites is 1. The maximum atomic E-state index is 6.54. The van der Waals surface area contributed by atoms with E-state index >= 15 is 0 Å². The Kier molecular flexibility index (Phi) is 7.03. The SMILES string of the molecule is Cc1ccccc1N=c1scc(-c2ccc(Cl)cc2Cl)n1[C@@H](C)CCC(C)C. The van der Waals surface area contributed by atoms with Crippen molar-refractivity contribution >= 4 is 40.2 Å². The van der Waals surface area contributed by atoms with Crippen molar-refractivity contribution in [2.75, 3.05) is 0 Å². The van der Waals surface area contributed by atoms with E-state index in [0.29, 0.717) is 22.0 Å². The van der Waals surface area contributed by atoms with E-state index in [0.717, 1.165) is 28.2 Å². The van der Waals surface area contributed by atoms with Crippen molar-refractivity contribution in [1.29, 1.82) is 0 Å². The molecule has 0 bridgehead atoms. The van der Waals surface area contributed by atoms with Crippen molar-refractivity contribution in [3.05, 3.63) is 68.3 Å². The zero-order valence-corrected chi connectivity index (χ0v) is 19.1. The molecule has 2 aromatic carbocycles. The van der Waals surface area contributed by atoms with Crippen LogP contribution in [0.25, 0.3) is 11.3 Å². The number of rotatable bonds is 6. The molecule has 148 valence electrons. The lowest BCUT2D eigenvalue weighted by Gasteiger charge is -2.19. The summed E-state index contributed by atoms with van der Waals surface area (Å²) in [5, 5.41) is 3.46. The maximum Gasteiger partial charge on any atom is 0.190 e. The van der Waals surface area contributed by atoms with Crippen LogP contribution >= 0.6 is 34.5 Å². The average molecular weight is 433 g/mol. The van der Waals surface area contributed by atoms with Crippen LogP contribution < -0.4 is 4.80 Å². The highest BCUT2D eigenvalue weighted by Crippen LogP contribution is 2.33. The Bertz CT molecular complexity index is 1020. The number of aryl methyl sites for hydroxylation is 1. The Balaban J connectivity index is 2.15. The van der Waals surface area contributed by atoms with E-state index in [1.807, 2.05) is 24.3 Å². The van der Waals surface area contributed by atoms with Crippen LogP contribution in [0, 0.1) is 12.8 Å². The number of thiazole rings is 1. The van der Waals surface area contributed by atoms with Crippen LogP contribution in [0.4, 0.5) is 5.69 Å². The zero-order chi connectivity index (χ0) is 20.3. The lowest BCUT2D eigenvalue weighted by Crippen LogP contribution is -2.20. The molecule has 1 aromatic heterocycles. The molecular weight excluding hydrogens is 407 g/mol. The Morgan fingerprint density at radius 3 is 2.46 bits per heavy atom. The first-order valence-corrected chi connectivity index (χ1v) is 11.3. The standard InChI is InChI=1S/C23H26Cl2N2S/c1-15(2)9-10-17(4)27-22(19-12-11-18(24)13-20(19)25)14-28-23(27)26-21-8-6-5-7-16(21)3/h5-8,11-15,17H,9-10H2,1-4H3/t17-/m0/s1. The van der Waals surface area contributed by atoms with Crippen molar-refractivity contribution in [3.63, 3.8) is 0 Å². The Morgan fingerprint density at radius 1 is 1.04 bits per heavy atom. The highest BCUT2D eigenvalue weighted by molar-refractivity contribution is 7.07. The molecule has 0 unspecified atom stereocenters. The summed E-state index contributed by atoms with van der Waals surface area (Å²) in [6, 6.07) is 14.2. The maximum absolute atomic E-state index is 6.54. The number of benzene rings is 2. The molecular formula is C23H26Cl2N2S. The minimum atomic E-state index is 0.318. The largest absolute Gasteiger partial charge is 0.314 e. The van der Waals surface area contributed by atoms with E-state index in [4.69, 9.17) is 28.2 Å². The van der Waals surface area contributed by atoms with Crippen molar-refractivity contribution in [3.8, 4) is 11.3 Å². The first-order chi connectivity index (χ1) is 13.4. The third-order valence-corrected chi connectivity index (χ3v) is 6.27. The molecule has 0 aliphatic heterocycles. The van der Waals surface area contributed by atoms with Gasteiger partial charge in [0.15, 0.2) is 4.80 Å². The minimum Gasteiger partial charge on any atom is -0.314 e. The lowest BCUT2D eigenvalue weighted by molar-refractivity contribution is 0.436. The predicted molar refractivity (Wildman–Crippen MR) is 123 cm³/mol. The molecule has 0 fully saturated rings. The number of hydrogen-bond acceptors (Lipinski definition) is 2. The fourth-order valence-corrected chi connectivity index (χ4v) is 4.72. The van der Waals surface area contributed by atoms with Crippen LogP contribution in [-0.4, -0.2) is 4.57 Å². The fourth-order valence-electron chi connectivity index (χ4n) is 3.22. The highest BCUT2D eigenvalue weighted by Gasteiger charge is 2.17. The first kappa shape index (κ1) is 21.2. The average Bonchev–Trinajstić information content (AvgIpc) is 3.05. The molecule has 0 aliphatic rings. The van der Waals surface area contributed by atoms with Gasteiger partial charge in [-0.3, -0.25) is 0 Å². The predicted octanol–water partition coefficient (Wildman–Crippen LogP) is 8.06. The van der Waals surface area contributed by atoms with Gasteiger partial charge < -0.3 is 4.57 Å². The van der Waals surface area contributed by atoms with Crippen LogP contribution in [0.3, 0.4) is 0 Å². The summed E-state index contributed by atoms with van der Waals surface area (Å²) in [5.41, 5.74) is 4.26. The Hall–Kier alpha value is -1.55. The third kappa shape index (κ3) is 4.89. The van der Waals surface area contributed by atoms with Gasteiger partial charge in [-0.15, -0.1) is 11.3 Å². The van der Waals surface area contributed by atoms with Crippen molar-refractivity contribution < 1.29 is 0 Å². The summed E-state index contributed by atoms with van der Waals surface area (Å²) in [7, 11) is 0. The molecule has 2 nitrogen and oxygen atoms in total.